The van der Waals surface area contributed by atoms with Crippen LogP contribution in [0.15, 0.2) is 0 Å². The van der Waals surface area contributed by atoms with Gasteiger partial charge in [-0.1, -0.05) is 24.9 Å². The number of hydrogen-bond acceptors (Lipinski definition) is 2. The van der Waals surface area contributed by atoms with Crippen molar-refractivity contribution >= 4 is 11.6 Å². The van der Waals surface area contributed by atoms with Gasteiger partial charge in [0, 0.05) is 25.7 Å². The van der Waals surface area contributed by atoms with Crippen LogP contribution in [0.1, 0.15) is 37.4 Å². The van der Waals surface area contributed by atoms with Gasteiger partial charge in [0.25, 0.3) is 0 Å². The Morgan fingerprint density at radius 2 is 2.10 bits per heavy atom. The first-order valence-electron chi connectivity index (χ1n) is 6.83. The van der Waals surface area contributed by atoms with E-state index in [0.717, 1.165) is 37.0 Å². The predicted molar refractivity (Wildman–Crippen MR) is 71.5 cm³/mol. The summed E-state index contributed by atoms with van der Waals surface area (Å²) in [6, 6.07) is 0. The Kier molecular flexibility index (Phi) is 4.64. The number of aryl methyl sites for hydroxylation is 1. The lowest BCUT2D eigenvalue weighted by Crippen LogP contribution is -2.22. The van der Waals surface area contributed by atoms with E-state index in [9.17, 15) is 13.2 Å². The lowest BCUT2D eigenvalue weighted by Gasteiger charge is -2.16. The van der Waals surface area contributed by atoms with E-state index in [4.69, 9.17) is 11.6 Å². The molecule has 1 atom stereocenters. The van der Waals surface area contributed by atoms with Gasteiger partial charge in [0.2, 0.25) is 0 Å². The second-order valence-electron chi connectivity index (χ2n) is 5.42. The van der Waals surface area contributed by atoms with Gasteiger partial charge in [0.1, 0.15) is 5.15 Å². The van der Waals surface area contributed by atoms with E-state index in [1.54, 1.807) is 0 Å². The first-order chi connectivity index (χ1) is 9.32. The SMILES string of the molecule is CCCC1CCN(Cc2c(C(F)(F)F)nn(C)c2Cl)C1. The highest BCUT2D eigenvalue weighted by molar-refractivity contribution is 6.30. The van der Waals surface area contributed by atoms with Crippen LogP contribution in [0.3, 0.4) is 0 Å². The number of rotatable bonds is 4. The van der Waals surface area contributed by atoms with E-state index in [1.807, 2.05) is 4.90 Å². The lowest BCUT2D eigenvalue weighted by atomic mass is 10.0. The Morgan fingerprint density at radius 3 is 2.70 bits per heavy atom. The van der Waals surface area contributed by atoms with Crippen LogP contribution < -0.4 is 0 Å². The first kappa shape index (κ1) is 15.6. The average Bonchev–Trinajstić information content (AvgIpc) is 2.89. The third-order valence-electron chi connectivity index (χ3n) is 3.79. The number of halogens is 4. The van der Waals surface area contributed by atoms with E-state index in [2.05, 4.69) is 12.0 Å². The van der Waals surface area contributed by atoms with Gasteiger partial charge in [0.15, 0.2) is 5.69 Å². The number of likely N-dealkylation sites (tertiary alicyclic amines) is 1. The van der Waals surface area contributed by atoms with Gasteiger partial charge in [0.05, 0.1) is 0 Å². The maximum absolute atomic E-state index is 13.0. The summed E-state index contributed by atoms with van der Waals surface area (Å²) in [5.41, 5.74) is -0.761. The zero-order chi connectivity index (χ0) is 14.9. The van der Waals surface area contributed by atoms with Crippen LogP contribution in [0.4, 0.5) is 13.2 Å². The number of nitrogens with zero attached hydrogens (tertiary/aromatic N) is 3. The highest BCUT2D eigenvalue weighted by Gasteiger charge is 2.39. The van der Waals surface area contributed by atoms with Gasteiger partial charge >= 0.3 is 6.18 Å². The quantitative estimate of drug-likeness (QED) is 0.845. The second kappa shape index (κ2) is 5.93. The highest BCUT2D eigenvalue weighted by Crippen LogP contribution is 2.35. The standard InChI is InChI=1S/C13H19ClF3N3/c1-3-4-9-5-6-20(7-9)8-10-11(13(15,16)17)18-19(2)12(10)14/h9H,3-8H2,1-2H3. The van der Waals surface area contributed by atoms with Crippen LogP contribution in [-0.2, 0) is 19.8 Å². The molecule has 1 unspecified atom stereocenters. The molecule has 7 heteroatoms. The van der Waals surface area contributed by atoms with Crippen molar-refractivity contribution in [1.82, 2.24) is 14.7 Å². The normalized spacial score (nSPS) is 20.8. The van der Waals surface area contributed by atoms with Gasteiger partial charge in [-0.15, -0.1) is 0 Å². The molecule has 0 aromatic carbocycles. The summed E-state index contributed by atoms with van der Waals surface area (Å²) in [5.74, 6) is 0.588. The second-order valence-corrected chi connectivity index (χ2v) is 5.78. The fraction of sp³-hybridized carbons (Fsp3) is 0.769. The molecule has 1 fully saturated rings. The Hall–Kier alpha value is -0.750. The van der Waals surface area contributed by atoms with Crippen molar-refractivity contribution in [2.24, 2.45) is 13.0 Å². The molecule has 1 aromatic heterocycles. The van der Waals surface area contributed by atoms with Crippen LogP contribution in [0, 0.1) is 5.92 Å². The molecule has 20 heavy (non-hydrogen) atoms. The van der Waals surface area contributed by atoms with E-state index in [-0.39, 0.29) is 17.3 Å². The number of hydrogen-bond donors (Lipinski definition) is 0. The maximum Gasteiger partial charge on any atom is 0.435 e. The monoisotopic (exact) mass is 309 g/mol. The van der Waals surface area contributed by atoms with Crippen LogP contribution in [-0.4, -0.2) is 27.8 Å². The molecule has 0 spiro atoms. The molecule has 0 aliphatic carbocycles. The molecule has 1 saturated heterocycles. The highest BCUT2D eigenvalue weighted by atomic mass is 35.5. The van der Waals surface area contributed by atoms with Crippen molar-refractivity contribution in [2.75, 3.05) is 13.1 Å². The predicted octanol–water partition coefficient (Wildman–Crippen LogP) is 3.71. The third-order valence-corrected chi connectivity index (χ3v) is 4.26. The molecule has 114 valence electrons. The van der Waals surface area contributed by atoms with Crippen molar-refractivity contribution in [3.8, 4) is 0 Å². The third kappa shape index (κ3) is 3.28. The van der Waals surface area contributed by atoms with Crippen LogP contribution in [0.2, 0.25) is 5.15 Å². The summed E-state index contributed by atoms with van der Waals surface area (Å²) in [6.45, 7) is 4.02. The summed E-state index contributed by atoms with van der Waals surface area (Å²) >= 11 is 5.97. The van der Waals surface area contributed by atoms with Crippen molar-refractivity contribution in [3.05, 3.63) is 16.4 Å². The van der Waals surface area contributed by atoms with Gasteiger partial charge in [-0.25, -0.2) is 0 Å². The topological polar surface area (TPSA) is 21.1 Å². The summed E-state index contributed by atoms with van der Waals surface area (Å²) in [5, 5.41) is 3.59. The van der Waals surface area contributed by atoms with E-state index in [1.165, 1.54) is 7.05 Å². The molecular weight excluding hydrogens is 291 g/mol. The van der Waals surface area contributed by atoms with Crippen molar-refractivity contribution < 1.29 is 13.2 Å². The van der Waals surface area contributed by atoms with Gasteiger partial charge in [-0.05, 0) is 25.3 Å². The van der Waals surface area contributed by atoms with Crippen LogP contribution in [0.25, 0.3) is 0 Å². The summed E-state index contributed by atoms with van der Waals surface area (Å²) in [6.07, 6.45) is -1.17. The average molecular weight is 310 g/mol. The molecule has 0 radical (unpaired) electrons. The van der Waals surface area contributed by atoms with Gasteiger partial charge in [-0.2, -0.15) is 18.3 Å². The molecule has 2 rings (SSSR count). The van der Waals surface area contributed by atoms with Gasteiger partial charge < -0.3 is 0 Å². The fourth-order valence-corrected chi connectivity index (χ4v) is 3.03. The molecule has 0 saturated carbocycles. The fourth-order valence-electron chi connectivity index (χ4n) is 2.84. The van der Waals surface area contributed by atoms with Crippen molar-refractivity contribution in [3.63, 3.8) is 0 Å². The Balaban J connectivity index is 2.14. The van der Waals surface area contributed by atoms with Gasteiger partial charge in [-0.3, -0.25) is 9.58 Å². The largest absolute Gasteiger partial charge is 0.435 e. The van der Waals surface area contributed by atoms with E-state index >= 15 is 0 Å². The Labute approximate surface area is 121 Å². The summed E-state index contributed by atoms with van der Waals surface area (Å²) in [7, 11) is 1.44. The minimum Gasteiger partial charge on any atom is -0.299 e. The Bertz CT molecular complexity index is 470. The molecule has 0 N–H and O–H groups in total. The molecule has 1 aliphatic heterocycles. The smallest absolute Gasteiger partial charge is 0.299 e. The molecule has 1 aromatic rings. The molecule has 0 bridgehead atoms. The molecule has 0 amide bonds. The molecule has 2 heterocycles. The molecule has 3 nitrogen and oxygen atoms in total. The Morgan fingerprint density at radius 1 is 1.40 bits per heavy atom. The zero-order valence-corrected chi connectivity index (χ0v) is 12.4. The summed E-state index contributed by atoms with van der Waals surface area (Å²) < 4.78 is 40.0. The lowest BCUT2D eigenvalue weighted by molar-refractivity contribution is -0.142. The van der Waals surface area contributed by atoms with E-state index < -0.39 is 11.9 Å². The van der Waals surface area contributed by atoms with E-state index in [0.29, 0.717) is 5.92 Å². The van der Waals surface area contributed by atoms with Crippen LogP contribution >= 0.6 is 11.6 Å². The minimum absolute atomic E-state index is 0.0799. The number of alkyl halides is 3. The van der Waals surface area contributed by atoms with Crippen molar-refractivity contribution in [1.29, 1.82) is 0 Å². The summed E-state index contributed by atoms with van der Waals surface area (Å²) in [4.78, 5) is 2.04. The zero-order valence-electron chi connectivity index (χ0n) is 11.7. The van der Waals surface area contributed by atoms with Crippen molar-refractivity contribution in [2.45, 2.75) is 38.9 Å². The molecule has 1 aliphatic rings. The minimum atomic E-state index is -4.46. The maximum atomic E-state index is 13.0. The molecular formula is C13H19ClF3N3. The van der Waals surface area contributed by atoms with Crippen LogP contribution in [0.5, 0.6) is 0 Å². The number of aromatic nitrogens is 2. The first-order valence-corrected chi connectivity index (χ1v) is 7.21.